The first-order chi connectivity index (χ1) is 15.3. The Bertz CT molecular complexity index is 1360. The number of nitrogens with zero attached hydrogens (tertiary/aromatic N) is 2. The molecule has 8 nitrogen and oxygen atoms in total. The van der Waals surface area contributed by atoms with E-state index in [1.165, 1.54) is 24.5 Å². The molecule has 0 aliphatic heterocycles. The maximum atomic E-state index is 12.8. The van der Waals surface area contributed by atoms with E-state index in [-0.39, 0.29) is 56.4 Å². The highest BCUT2D eigenvalue weighted by molar-refractivity contribution is 6.53. The zero-order valence-electron chi connectivity index (χ0n) is 16.1. The van der Waals surface area contributed by atoms with E-state index in [4.69, 9.17) is 0 Å². The van der Waals surface area contributed by atoms with Crippen LogP contribution < -0.4 is 0 Å². The minimum Gasteiger partial charge on any atom is -0.290 e. The third-order valence-corrected chi connectivity index (χ3v) is 5.22. The van der Waals surface area contributed by atoms with Gasteiger partial charge in [0.05, 0.1) is 11.1 Å². The molecule has 0 N–H and O–H groups in total. The Hall–Kier alpha value is -4.72. The van der Waals surface area contributed by atoms with Gasteiger partial charge in [0, 0.05) is 34.7 Å². The molecular formula is C24H10N2O6. The summed E-state index contributed by atoms with van der Waals surface area (Å²) in [5.41, 5.74) is 0.817. The molecule has 0 saturated heterocycles. The van der Waals surface area contributed by atoms with Crippen LogP contribution in [-0.2, 0) is 19.2 Å². The van der Waals surface area contributed by atoms with Crippen molar-refractivity contribution < 1.29 is 28.8 Å². The Morgan fingerprint density at radius 1 is 0.531 bits per heavy atom. The molecule has 0 spiro atoms. The minimum absolute atomic E-state index is 0.0398. The number of aromatic nitrogens is 2. The predicted octanol–water partition coefficient (Wildman–Crippen LogP) is 1.71. The van der Waals surface area contributed by atoms with E-state index in [1.807, 2.05) is 0 Å². The third kappa shape index (κ3) is 2.93. The molecule has 152 valence electrons. The lowest BCUT2D eigenvalue weighted by molar-refractivity contribution is -0.113. The van der Waals surface area contributed by atoms with Crippen molar-refractivity contribution in [1.82, 2.24) is 9.97 Å². The zero-order valence-corrected chi connectivity index (χ0v) is 16.1. The van der Waals surface area contributed by atoms with Gasteiger partial charge in [-0.3, -0.25) is 38.7 Å². The number of fused-ring (bicyclic) bond motifs is 3. The van der Waals surface area contributed by atoms with E-state index >= 15 is 0 Å². The van der Waals surface area contributed by atoms with Gasteiger partial charge in [-0.05, 0) is 48.6 Å². The number of rotatable bonds is 2. The van der Waals surface area contributed by atoms with Crippen LogP contribution in [0.25, 0.3) is 22.5 Å². The van der Waals surface area contributed by atoms with E-state index in [9.17, 15) is 28.8 Å². The number of hydrogen-bond donors (Lipinski definition) is 0. The number of ketones is 6. The Kier molecular flexibility index (Phi) is 4.16. The van der Waals surface area contributed by atoms with E-state index < -0.39 is 23.1 Å². The first kappa shape index (κ1) is 19.3. The monoisotopic (exact) mass is 422 g/mol. The normalized spacial score (nSPS) is 17.2. The van der Waals surface area contributed by atoms with E-state index in [0.717, 1.165) is 36.5 Å². The van der Waals surface area contributed by atoms with Crippen molar-refractivity contribution >= 4 is 45.8 Å². The highest BCUT2D eigenvalue weighted by Crippen LogP contribution is 2.34. The minimum atomic E-state index is -0.855. The molecule has 0 aromatic carbocycles. The molecule has 0 amide bonds. The largest absolute Gasteiger partial charge is 0.290 e. The van der Waals surface area contributed by atoms with Crippen molar-refractivity contribution in [2.75, 3.05) is 0 Å². The Morgan fingerprint density at radius 2 is 0.938 bits per heavy atom. The third-order valence-electron chi connectivity index (χ3n) is 5.22. The van der Waals surface area contributed by atoms with Crippen LogP contribution in [0, 0.1) is 0 Å². The maximum Gasteiger partial charge on any atom is 0.235 e. The molecule has 3 aliphatic carbocycles. The number of carbonyl (C=O) groups is 6. The fraction of sp³-hybridized carbons (Fsp3) is 0. The molecule has 0 radical (unpaired) electrons. The van der Waals surface area contributed by atoms with Crippen LogP contribution in [0.3, 0.4) is 0 Å². The molecule has 2 heterocycles. The van der Waals surface area contributed by atoms with E-state index in [2.05, 4.69) is 9.97 Å². The average Bonchev–Trinajstić information content (AvgIpc) is 2.80. The van der Waals surface area contributed by atoms with Gasteiger partial charge in [-0.25, -0.2) is 0 Å². The van der Waals surface area contributed by atoms with Gasteiger partial charge in [0.1, 0.15) is 11.4 Å². The molecule has 2 aromatic rings. The van der Waals surface area contributed by atoms with Crippen LogP contribution in [0.4, 0.5) is 0 Å². The molecule has 32 heavy (non-hydrogen) atoms. The fourth-order valence-corrected chi connectivity index (χ4v) is 3.66. The van der Waals surface area contributed by atoms with Crippen LogP contribution in [0.2, 0.25) is 0 Å². The molecule has 0 fully saturated rings. The molecule has 8 heteroatoms. The quantitative estimate of drug-likeness (QED) is 0.528. The number of carbonyl (C=O) groups excluding carboxylic acids is 6. The summed E-state index contributed by atoms with van der Waals surface area (Å²) in [6, 6.07) is 2.68. The smallest absolute Gasteiger partial charge is 0.235 e. The summed E-state index contributed by atoms with van der Waals surface area (Å²) in [6.07, 6.45) is 9.48. The highest BCUT2D eigenvalue weighted by Gasteiger charge is 2.34. The summed E-state index contributed by atoms with van der Waals surface area (Å²) in [7, 11) is 0. The van der Waals surface area contributed by atoms with Gasteiger partial charge in [0.2, 0.25) is 11.6 Å². The Labute approximate surface area is 179 Å². The van der Waals surface area contributed by atoms with Gasteiger partial charge in [-0.2, -0.15) is 0 Å². The van der Waals surface area contributed by atoms with Crippen molar-refractivity contribution in [1.29, 1.82) is 0 Å². The maximum absolute atomic E-state index is 12.8. The highest BCUT2D eigenvalue weighted by atomic mass is 16.2. The van der Waals surface area contributed by atoms with Crippen molar-refractivity contribution in [2.45, 2.75) is 0 Å². The van der Waals surface area contributed by atoms with Gasteiger partial charge >= 0.3 is 0 Å². The second kappa shape index (κ2) is 6.92. The summed E-state index contributed by atoms with van der Waals surface area (Å²) in [6.45, 7) is 0. The summed E-state index contributed by atoms with van der Waals surface area (Å²) in [5, 5.41) is 0. The molecule has 0 unspecified atom stereocenters. The second-order valence-electron chi connectivity index (χ2n) is 7.21. The van der Waals surface area contributed by atoms with Crippen LogP contribution in [-0.4, -0.2) is 44.7 Å². The van der Waals surface area contributed by atoms with Crippen LogP contribution >= 0.6 is 0 Å². The van der Waals surface area contributed by atoms with Crippen molar-refractivity contribution in [3.63, 3.8) is 0 Å². The topological polar surface area (TPSA) is 128 Å². The Balaban J connectivity index is 1.62. The molecule has 3 aliphatic rings. The Morgan fingerprint density at radius 3 is 1.34 bits per heavy atom. The predicted molar refractivity (Wildman–Crippen MR) is 110 cm³/mol. The number of pyridine rings is 2. The summed E-state index contributed by atoms with van der Waals surface area (Å²) in [4.78, 5) is 81.7. The first-order valence-electron chi connectivity index (χ1n) is 9.40. The lowest BCUT2D eigenvalue weighted by Gasteiger charge is -2.18. The number of Topliss-reactive ketones (excluding diaryl/α,β-unsaturated/α-hetero) is 2. The molecule has 2 aromatic heterocycles. The van der Waals surface area contributed by atoms with Crippen molar-refractivity contribution in [2.24, 2.45) is 0 Å². The molecule has 0 saturated carbocycles. The van der Waals surface area contributed by atoms with E-state index in [1.54, 1.807) is 0 Å². The standard InChI is InChI=1S/C24H10N2O6/c27-13-1-3-19(29)15(7-13)11-5-17-21(25-9-11)22-18(24(32)23(17)31)6-12(10-26-22)16-8-14(28)2-4-20(16)30/h1-10H. The first-order valence-corrected chi connectivity index (χ1v) is 9.40. The summed E-state index contributed by atoms with van der Waals surface area (Å²) in [5.74, 6) is -3.30. The lowest BCUT2D eigenvalue weighted by atomic mass is 9.86. The second-order valence-corrected chi connectivity index (χ2v) is 7.21. The van der Waals surface area contributed by atoms with Crippen LogP contribution in [0.15, 0.2) is 61.0 Å². The van der Waals surface area contributed by atoms with Crippen LogP contribution in [0.5, 0.6) is 0 Å². The average molecular weight is 422 g/mol. The van der Waals surface area contributed by atoms with Crippen molar-refractivity contribution in [3.05, 3.63) is 83.2 Å². The summed E-state index contributed by atoms with van der Waals surface area (Å²) < 4.78 is 0. The lowest BCUT2D eigenvalue weighted by Crippen LogP contribution is -2.24. The molecule has 5 rings (SSSR count). The fourth-order valence-electron chi connectivity index (χ4n) is 3.66. The summed E-state index contributed by atoms with van der Waals surface area (Å²) >= 11 is 0. The SMILES string of the molecule is O=C1C=CC(=O)C(c2cnc3c(c2)C(=O)C(=O)c2cc(C4=CC(=O)C=CC4=O)cnc2-3)=C1. The molecular weight excluding hydrogens is 412 g/mol. The van der Waals surface area contributed by atoms with Crippen LogP contribution in [0.1, 0.15) is 31.8 Å². The van der Waals surface area contributed by atoms with Gasteiger partial charge < -0.3 is 0 Å². The molecule has 0 bridgehead atoms. The van der Waals surface area contributed by atoms with E-state index in [0.29, 0.717) is 0 Å². The number of allylic oxidation sites excluding steroid dienone is 8. The number of hydrogen-bond acceptors (Lipinski definition) is 8. The zero-order chi connectivity index (χ0) is 22.6. The van der Waals surface area contributed by atoms with Crippen molar-refractivity contribution in [3.8, 4) is 11.4 Å². The van der Waals surface area contributed by atoms with Gasteiger partial charge in [0.25, 0.3) is 0 Å². The van der Waals surface area contributed by atoms with Gasteiger partial charge in [0.15, 0.2) is 23.1 Å². The molecule has 0 atom stereocenters. The van der Waals surface area contributed by atoms with Gasteiger partial charge in [-0.15, -0.1) is 0 Å². The van der Waals surface area contributed by atoms with Gasteiger partial charge in [-0.1, -0.05) is 0 Å².